The van der Waals surface area contributed by atoms with E-state index < -0.39 is 11.6 Å². The molecule has 0 unspecified atom stereocenters. The van der Waals surface area contributed by atoms with Crippen molar-refractivity contribution in [3.63, 3.8) is 0 Å². The normalized spacial score (nSPS) is 12.0. The number of aromatic amines is 1. The summed E-state index contributed by atoms with van der Waals surface area (Å²) in [7, 11) is 1.52. The predicted molar refractivity (Wildman–Crippen MR) is 145 cm³/mol. The van der Waals surface area contributed by atoms with Crippen LogP contribution in [0.4, 0.5) is 4.79 Å². The number of methoxy groups -OCH3 is 1. The molecule has 0 saturated carbocycles. The third-order valence-electron chi connectivity index (χ3n) is 6.25. The maximum atomic E-state index is 13.4. The van der Waals surface area contributed by atoms with Crippen molar-refractivity contribution < 1.29 is 19.4 Å². The molecule has 0 aliphatic carbocycles. The van der Waals surface area contributed by atoms with E-state index >= 15 is 0 Å². The fourth-order valence-electron chi connectivity index (χ4n) is 4.18. The van der Waals surface area contributed by atoms with Crippen LogP contribution in [-0.2, 0) is 17.4 Å². The second-order valence-corrected chi connectivity index (χ2v) is 12.5. The summed E-state index contributed by atoms with van der Waals surface area (Å²) in [6.07, 6.45) is 0.887. The molecule has 0 atom stereocenters. The van der Waals surface area contributed by atoms with Crippen LogP contribution in [0.5, 0.6) is 5.88 Å². The van der Waals surface area contributed by atoms with E-state index in [2.05, 4.69) is 37.3 Å². The van der Waals surface area contributed by atoms with Crippen molar-refractivity contribution in [1.29, 1.82) is 0 Å². The van der Waals surface area contributed by atoms with E-state index in [1.807, 2.05) is 66.8 Å². The molecule has 0 bridgehead atoms. The number of amides is 2. The van der Waals surface area contributed by atoms with Crippen LogP contribution in [0.2, 0.25) is 0 Å². The second-order valence-electron chi connectivity index (χ2n) is 10.5. The number of carbonyl (C=O) groups excluding carboxylic acids is 1. The average molecular weight is 560 g/mol. The van der Waals surface area contributed by atoms with Gasteiger partial charge in [0.05, 0.1) is 19.3 Å². The first-order valence-electron chi connectivity index (χ1n) is 11.8. The van der Waals surface area contributed by atoms with Crippen LogP contribution in [0.3, 0.4) is 0 Å². The van der Waals surface area contributed by atoms with Crippen LogP contribution in [0.1, 0.15) is 72.9 Å². The van der Waals surface area contributed by atoms with E-state index in [9.17, 15) is 14.7 Å². The molecule has 0 saturated heterocycles. The summed E-state index contributed by atoms with van der Waals surface area (Å²) < 4.78 is 5.23. The van der Waals surface area contributed by atoms with E-state index in [1.165, 1.54) is 12.0 Å². The van der Waals surface area contributed by atoms with Crippen LogP contribution < -0.4 is 10.1 Å². The number of fused-ring (bicyclic) bond motifs is 1. The monoisotopic (exact) mass is 558 g/mol. The lowest BCUT2D eigenvalue weighted by Crippen LogP contribution is -2.44. The standard InChI is InChI=1S/C27H35BrN4O4/c1-15-9-18(14-32(25(34)35)26(3,4)5)31-24(36-8)20(15)13-30-23(33)19-10-17(27(6,7)28)11-21-22(19)16(2)12-29-21/h9-12,29H,13-14H2,1-8H3,(H,30,33)(H,34,35). The molecule has 0 aliphatic rings. The SMILES string of the molecule is COc1nc(CN(C(=O)O)C(C)(C)C)cc(C)c1CNC(=O)c1cc(C(C)(C)Br)cc2[nH]cc(C)c12. The Bertz CT molecular complexity index is 1300. The highest BCUT2D eigenvalue weighted by Gasteiger charge is 2.27. The van der Waals surface area contributed by atoms with Gasteiger partial charge in [-0.2, -0.15) is 0 Å². The van der Waals surface area contributed by atoms with E-state index in [1.54, 1.807) is 0 Å². The summed E-state index contributed by atoms with van der Waals surface area (Å²) in [4.78, 5) is 34.3. The number of aryl methyl sites for hydroxylation is 2. The zero-order valence-electron chi connectivity index (χ0n) is 22.2. The average Bonchev–Trinajstić information content (AvgIpc) is 3.14. The highest BCUT2D eigenvalue weighted by atomic mass is 79.9. The molecule has 0 spiro atoms. The first-order chi connectivity index (χ1) is 16.6. The van der Waals surface area contributed by atoms with Crippen molar-refractivity contribution in [2.24, 2.45) is 0 Å². The largest absolute Gasteiger partial charge is 0.481 e. The highest BCUT2D eigenvalue weighted by molar-refractivity contribution is 9.09. The summed E-state index contributed by atoms with van der Waals surface area (Å²) in [5.41, 5.74) is 5.08. The number of nitrogens with one attached hydrogen (secondary N) is 2. The third kappa shape index (κ3) is 5.83. The smallest absolute Gasteiger partial charge is 0.408 e. The van der Waals surface area contributed by atoms with Crippen molar-refractivity contribution in [3.05, 3.63) is 57.9 Å². The first kappa shape index (κ1) is 27.5. The third-order valence-corrected chi connectivity index (χ3v) is 6.71. The number of rotatable bonds is 7. The van der Waals surface area contributed by atoms with Crippen molar-refractivity contribution in [1.82, 2.24) is 20.2 Å². The summed E-state index contributed by atoms with van der Waals surface area (Å²) in [6, 6.07) is 5.82. The summed E-state index contributed by atoms with van der Waals surface area (Å²) in [5, 5.41) is 13.6. The minimum atomic E-state index is -1.02. The number of hydrogen-bond donors (Lipinski definition) is 3. The van der Waals surface area contributed by atoms with Crippen molar-refractivity contribution in [3.8, 4) is 5.88 Å². The predicted octanol–water partition coefficient (Wildman–Crippen LogP) is 6.03. The Kier molecular flexibility index (Phi) is 7.74. The Balaban J connectivity index is 1.90. The summed E-state index contributed by atoms with van der Waals surface area (Å²) >= 11 is 3.70. The molecule has 9 heteroatoms. The van der Waals surface area contributed by atoms with Crippen molar-refractivity contribution in [2.75, 3.05) is 7.11 Å². The van der Waals surface area contributed by atoms with Crippen molar-refractivity contribution in [2.45, 2.75) is 71.4 Å². The number of nitrogens with zero attached hydrogens (tertiary/aromatic N) is 2. The molecule has 3 rings (SSSR count). The minimum Gasteiger partial charge on any atom is -0.481 e. The number of halogens is 1. The van der Waals surface area contributed by atoms with Gasteiger partial charge in [0.1, 0.15) is 0 Å². The van der Waals surface area contributed by atoms with Crippen LogP contribution in [0.25, 0.3) is 10.9 Å². The van der Waals surface area contributed by atoms with Crippen LogP contribution in [0, 0.1) is 13.8 Å². The zero-order chi connectivity index (χ0) is 27.0. The van der Waals surface area contributed by atoms with Gasteiger partial charge in [-0.15, -0.1) is 0 Å². The molecular formula is C27H35BrN4O4. The number of pyridine rings is 1. The molecule has 36 heavy (non-hydrogen) atoms. The highest BCUT2D eigenvalue weighted by Crippen LogP contribution is 2.34. The maximum Gasteiger partial charge on any atom is 0.408 e. The van der Waals surface area contributed by atoms with Gasteiger partial charge in [0, 0.05) is 44.6 Å². The van der Waals surface area contributed by atoms with Gasteiger partial charge in [-0.1, -0.05) is 15.9 Å². The number of alkyl halides is 1. The van der Waals surface area contributed by atoms with E-state index in [0.717, 1.165) is 33.2 Å². The van der Waals surface area contributed by atoms with Crippen molar-refractivity contribution >= 4 is 38.8 Å². The number of H-pyrrole nitrogens is 1. The van der Waals surface area contributed by atoms with Crippen LogP contribution in [-0.4, -0.2) is 44.6 Å². The molecule has 2 amide bonds. The Morgan fingerprint density at radius 1 is 1.14 bits per heavy atom. The number of ether oxygens (including phenoxy) is 1. The quantitative estimate of drug-likeness (QED) is 0.307. The van der Waals surface area contributed by atoms with Gasteiger partial charge in [0.25, 0.3) is 5.91 Å². The van der Waals surface area contributed by atoms with Gasteiger partial charge < -0.3 is 20.1 Å². The van der Waals surface area contributed by atoms with E-state index in [0.29, 0.717) is 17.1 Å². The number of carbonyl (C=O) groups is 2. The molecule has 0 radical (unpaired) electrons. The Morgan fingerprint density at radius 3 is 2.36 bits per heavy atom. The lowest BCUT2D eigenvalue weighted by molar-refractivity contribution is 0.0936. The lowest BCUT2D eigenvalue weighted by Gasteiger charge is -2.33. The van der Waals surface area contributed by atoms with Crippen LogP contribution >= 0.6 is 15.9 Å². The molecule has 0 fully saturated rings. The summed E-state index contributed by atoms with van der Waals surface area (Å²) in [5.74, 6) is 0.166. The van der Waals surface area contributed by atoms with Gasteiger partial charge in [-0.3, -0.25) is 9.69 Å². The minimum absolute atomic E-state index is 0.128. The zero-order valence-corrected chi connectivity index (χ0v) is 23.8. The topological polar surface area (TPSA) is 108 Å². The molecular weight excluding hydrogens is 524 g/mol. The number of aromatic nitrogens is 2. The second kappa shape index (κ2) is 10.1. The van der Waals surface area contributed by atoms with Gasteiger partial charge in [0.2, 0.25) is 5.88 Å². The molecule has 3 aromatic rings. The Morgan fingerprint density at radius 2 is 1.81 bits per heavy atom. The molecule has 2 heterocycles. The van der Waals surface area contributed by atoms with Gasteiger partial charge >= 0.3 is 6.09 Å². The molecule has 1 aromatic carbocycles. The molecule has 2 aromatic heterocycles. The van der Waals surface area contributed by atoms with Gasteiger partial charge in [0.15, 0.2) is 0 Å². The maximum absolute atomic E-state index is 13.4. The first-order valence-corrected chi connectivity index (χ1v) is 12.6. The fraction of sp³-hybridized carbons (Fsp3) is 0.444. The van der Waals surface area contributed by atoms with E-state index in [-0.39, 0.29) is 23.3 Å². The van der Waals surface area contributed by atoms with Gasteiger partial charge in [-0.05, 0) is 83.4 Å². The summed E-state index contributed by atoms with van der Waals surface area (Å²) in [6.45, 7) is 13.8. The Labute approximate surface area is 220 Å². The lowest BCUT2D eigenvalue weighted by atomic mass is 9.96. The Hall–Kier alpha value is -3.07. The fourth-order valence-corrected chi connectivity index (χ4v) is 4.41. The number of hydrogen-bond acceptors (Lipinski definition) is 4. The molecule has 3 N–H and O–H groups in total. The van der Waals surface area contributed by atoms with E-state index in [4.69, 9.17) is 4.74 Å². The number of carboxylic acid groups (broad SMARTS) is 1. The van der Waals surface area contributed by atoms with Crippen LogP contribution in [0.15, 0.2) is 24.4 Å². The molecule has 194 valence electrons. The van der Waals surface area contributed by atoms with Gasteiger partial charge in [-0.25, -0.2) is 9.78 Å². The molecule has 8 nitrogen and oxygen atoms in total. The molecule has 0 aliphatic heterocycles. The number of benzene rings is 1.